The van der Waals surface area contributed by atoms with E-state index in [1.54, 1.807) is 14.2 Å². The van der Waals surface area contributed by atoms with E-state index in [0.717, 1.165) is 5.69 Å². The molecule has 1 atom stereocenters. The summed E-state index contributed by atoms with van der Waals surface area (Å²) in [5.74, 6) is 1.37. The molecular formula is C12H16N2O3. The lowest BCUT2D eigenvalue weighted by Gasteiger charge is -2.19. The standard InChI is InChI=1S/C12H16N2O3/c1-8-7-14(13-12(8)15)9-4-5-10(16-2)11(6-9)17-3/h4-6,8H,7H2,1-3H3,(H,13,15). The van der Waals surface area contributed by atoms with Crippen molar-refractivity contribution < 1.29 is 14.3 Å². The lowest BCUT2D eigenvalue weighted by Crippen LogP contribution is -2.32. The van der Waals surface area contributed by atoms with E-state index in [-0.39, 0.29) is 11.8 Å². The minimum absolute atomic E-state index is 0.00287. The van der Waals surface area contributed by atoms with E-state index in [2.05, 4.69) is 5.43 Å². The number of benzene rings is 1. The highest BCUT2D eigenvalue weighted by molar-refractivity contribution is 5.84. The molecule has 1 aliphatic heterocycles. The summed E-state index contributed by atoms with van der Waals surface area (Å²) < 4.78 is 10.4. The smallest absolute Gasteiger partial charge is 0.243 e. The second kappa shape index (κ2) is 4.53. The molecule has 2 rings (SSSR count). The number of hydrogen-bond donors (Lipinski definition) is 1. The number of nitrogens with zero attached hydrogens (tertiary/aromatic N) is 1. The predicted molar refractivity (Wildman–Crippen MR) is 64.2 cm³/mol. The Kier molecular flexibility index (Phi) is 3.08. The SMILES string of the molecule is COc1ccc(N2CC(C)C(=O)N2)cc1OC. The first kappa shape index (κ1) is 11.6. The van der Waals surface area contributed by atoms with Crippen LogP contribution in [0.5, 0.6) is 11.5 Å². The summed E-state index contributed by atoms with van der Waals surface area (Å²) in [5.41, 5.74) is 3.70. The molecular weight excluding hydrogens is 220 g/mol. The van der Waals surface area contributed by atoms with Gasteiger partial charge in [-0.3, -0.25) is 15.2 Å². The number of ether oxygens (including phenoxy) is 2. The molecule has 17 heavy (non-hydrogen) atoms. The van der Waals surface area contributed by atoms with E-state index in [9.17, 15) is 4.79 Å². The Labute approximate surface area is 100 Å². The van der Waals surface area contributed by atoms with Crippen molar-refractivity contribution in [3.63, 3.8) is 0 Å². The van der Waals surface area contributed by atoms with Gasteiger partial charge in [-0.2, -0.15) is 0 Å². The van der Waals surface area contributed by atoms with Crippen LogP contribution in [-0.2, 0) is 4.79 Å². The second-order valence-electron chi connectivity index (χ2n) is 4.03. The molecule has 5 nitrogen and oxygen atoms in total. The maximum Gasteiger partial charge on any atom is 0.243 e. The van der Waals surface area contributed by atoms with Crippen molar-refractivity contribution in [1.82, 2.24) is 5.43 Å². The molecule has 1 N–H and O–H groups in total. The summed E-state index contributed by atoms with van der Waals surface area (Å²) in [4.78, 5) is 11.4. The third-order valence-corrected chi connectivity index (χ3v) is 2.83. The first-order valence-electron chi connectivity index (χ1n) is 5.45. The Bertz CT molecular complexity index is 434. The van der Waals surface area contributed by atoms with E-state index >= 15 is 0 Å². The molecule has 0 bridgehead atoms. The molecule has 5 heteroatoms. The fourth-order valence-corrected chi connectivity index (χ4v) is 1.81. The number of hydrogen-bond acceptors (Lipinski definition) is 4. The minimum Gasteiger partial charge on any atom is -0.493 e. The van der Waals surface area contributed by atoms with Gasteiger partial charge < -0.3 is 9.47 Å². The van der Waals surface area contributed by atoms with Crippen LogP contribution in [0.1, 0.15) is 6.92 Å². The zero-order chi connectivity index (χ0) is 12.4. The molecule has 1 aromatic carbocycles. The molecule has 92 valence electrons. The van der Waals surface area contributed by atoms with E-state index < -0.39 is 0 Å². The summed E-state index contributed by atoms with van der Waals surface area (Å²) in [7, 11) is 3.18. The number of methoxy groups -OCH3 is 2. The molecule has 0 spiro atoms. The lowest BCUT2D eigenvalue weighted by molar-refractivity contribution is -0.121. The highest BCUT2D eigenvalue weighted by Gasteiger charge is 2.27. The lowest BCUT2D eigenvalue weighted by atomic mass is 10.2. The Morgan fingerprint density at radius 2 is 2.00 bits per heavy atom. The fraction of sp³-hybridized carbons (Fsp3) is 0.417. The van der Waals surface area contributed by atoms with Gasteiger partial charge in [0.1, 0.15) is 0 Å². The van der Waals surface area contributed by atoms with Gasteiger partial charge in [-0.25, -0.2) is 0 Å². The van der Waals surface area contributed by atoms with Gasteiger partial charge in [-0.15, -0.1) is 0 Å². The Morgan fingerprint density at radius 1 is 1.29 bits per heavy atom. The molecule has 1 amide bonds. The van der Waals surface area contributed by atoms with Gasteiger partial charge in [0.25, 0.3) is 0 Å². The van der Waals surface area contributed by atoms with Crippen molar-refractivity contribution >= 4 is 11.6 Å². The van der Waals surface area contributed by atoms with Crippen LogP contribution >= 0.6 is 0 Å². The number of carbonyl (C=O) groups excluding carboxylic acids is 1. The van der Waals surface area contributed by atoms with Gasteiger partial charge in [0.15, 0.2) is 11.5 Å². The van der Waals surface area contributed by atoms with Crippen LogP contribution in [0.4, 0.5) is 5.69 Å². The molecule has 1 saturated heterocycles. The predicted octanol–water partition coefficient (Wildman–Crippen LogP) is 1.19. The number of carbonyl (C=O) groups is 1. The molecule has 0 radical (unpaired) electrons. The monoisotopic (exact) mass is 236 g/mol. The van der Waals surface area contributed by atoms with Gasteiger partial charge in [-0.05, 0) is 12.1 Å². The molecule has 1 aromatic rings. The maximum atomic E-state index is 11.4. The normalized spacial score (nSPS) is 19.1. The highest BCUT2D eigenvalue weighted by atomic mass is 16.5. The quantitative estimate of drug-likeness (QED) is 0.856. The second-order valence-corrected chi connectivity index (χ2v) is 4.03. The molecule has 0 aromatic heterocycles. The highest BCUT2D eigenvalue weighted by Crippen LogP contribution is 2.32. The van der Waals surface area contributed by atoms with Gasteiger partial charge in [0.05, 0.1) is 32.4 Å². The van der Waals surface area contributed by atoms with E-state index in [0.29, 0.717) is 18.0 Å². The van der Waals surface area contributed by atoms with Crippen LogP contribution in [0.15, 0.2) is 18.2 Å². The number of nitrogens with one attached hydrogen (secondary N) is 1. The Balaban J connectivity index is 2.25. The summed E-state index contributed by atoms with van der Waals surface area (Å²) >= 11 is 0. The summed E-state index contributed by atoms with van der Waals surface area (Å²) in [6.45, 7) is 2.56. The number of hydrazine groups is 1. The summed E-state index contributed by atoms with van der Waals surface area (Å²) in [6.07, 6.45) is 0. The number of rotatable bonds is 3. The number of amides is 1. The fourth-order valence-electron chi connectivity index (χ4n) is 1.81. The summed E-state index contributed by atoms with van der Waals surface area (Å²) in [5, 5.41) is 1.81. The third-order valence-electron chi connectivity index (χ3n) is 2.83. The van der Waals surface area contributed by atoms with Crippen molar-refractivity contribution in [2.75, 3.05) is 25.8 Å². The molecule has 1 aliphatic rings. The molecule has 0 aliphatic carbocycles. The third kappa shape index (κ3) is 2.13. The Hall–Kier alpha value is -1.91. The largest absolute Gasteiger partial charge is 0.493 e. The first-order chi connectivity index (χ1) is 8.15. The van der Waals surface area contributed by atoms with Crippen molar-refractivity contribution in [2.24, 2.45) is 5.92 Å². The van der Waals surface area contributed by atoms with Crippen LogP contribution in [-0.4, -0.2) is 26.7 Å². The van der Waals surface area contributed by atoms with Crippen LogP contribution in [0.25, 0.3) is 0 Å². The van der Waals surface area contributed by atoms with Crippen molar-refractivity contribution in [2.45, 2.75) is 6.92 Å². The molecule has 1 unspecified atom stereocenters. The van der Waals surface area contributed by atoms with E-state index in [1.165, 1.54) is 0 Å². The van der Waals surface area contributed by atoms with Crippen LogP contribution < -0.4 is 19.9 Å². The number of anilines is 1. The topological polar surface area (TPSA) is 50.8 Å². The van der Waals surface area contributed by atoms with E-state index in [1.807, 2.05) is 30.1 Å². The molecule has 1 heterocycles. The average Bonchev–Trinajstić information content (AvgIpc) is 2.68. The van der Waals surface area contributed by atoms with Gasteiger partial charge >= 0.3 is 0 Å². The Morgan fingerprint density at radius 3 is 2.53 bits per heavy atom. The van der Waals surface area contributed by atoms with Crippen LogP contribution in [0, 0.1) is 5.92 Å². The summed E-state index contributed by atoms with van der Waals surface area (Å²) in [6, 6.07) is 5.56. The zero-order valence-corrected chi connectivity index (χ0v) is 10.2. The van der Waals surface area contributed by atoms with E-state index in [4.69, 9.17) is 9.47 Å². The van der Waals surface area contributed by atoms with Crippen LogP contribution in [0.3, 0.4) is 0 Å². The average molecular weight is 236 g/mol. The van der Waals surface area contributed by atoms with Gasteiger partial charge in [0, 0.05) is 6.07 Å². The van der Waals surface area contributed by atoms with Crippen molar-refractivity contribution in [3.8, 4) is 11.5 Å². The molecule has 1 fully saturated rings. The van der Waals surface area contributed by atoms with Crippen molar-refractivity contribution in [3.05, 3.63) is 18.2 Å². The van der Waals surface area contributed by atoms with Gasteiger partial charge in [-0.1, -0.05) is 6.92 Å². The van der Waals surface area contributed by atoms with Crippen molar-refractivity contribution in [1.29, 1.82) is 0 Å². The maximum absolute atomic E-state index is 11.4. The van der Waals surface area contributed by atoms with Gasteiger partial charge in [0.2, 0.25) is 5.91 Å². The zero-order valence-electron chi connectivity index (χ0n) is 10.2. The van der Waals surface area contributed by atoms with Crippen LogP contribution in [0.2, 0.25) is 0 Å². The first-order valence-corrected chi connectivity index (χ1v) is 5.45. The minimum atomic E-state index is 0.00287. The molecule has 0 saturated carbocycles.